The first-order valence-electron chi connectivity index (χ1n) is 5.66. The molecule has 0 bridgehead atoms. The number of alkyl halides is 1. The summed E-state index contributed by atoms with van der Waals surface area (Å²) in [6, 6.07) is 7.85. The van der Waals surface area contributed by atoms with Crippen LogP contribution in [0.2, 0.25) is 0 Å². The van der Waals surface area contributed by atoms with E-state index in [9.17, 15) is 4.79 Å². The molecule has 1 fully saturated rings. The molecule has 17 heavy (non-hydrogen) atoms. The predicted molar refractivity (Wildman–Crippen MR) is 67.4 cm³/mol. The molecule has 1 aromatic carbocycles. The van der Waals surface area contributed by atoms with Gasteiger partial charge in [-0.15, -0.1) is 11.6 Å². The fourth-order valence-corrected chi connectivity index (χ4v) is 2.56. The van der Waals surface area contributed by atoms with Gasteiger partial charge in [-0.25, -0.2) is 0 Å². The van der Waals surface area contributed by atoms with E-state index in [0.29, 0.717) is 0 Å². The van der Waals surface area contributed by atoms with Gasteiger partial charge in [0, 0.05) is 6.04 Å². The van der Waals surface area contributed by atoms with Crippen LogP contribution in [0, 0.1) is 0 Å². The summed E-state index contributed by atoms with van der Waals surface area (Å²) in [7, 11) is 1.63. The minimum atomic E-state index is -0.439. The van der Waals surface area contributed by atoms with E-state index < -0.39 is 5.38 Å². The lowest BCUT2D eigenvalue weighted by Crippen LogP contribution is -2.58. The molecule has 2 atom stereocenters. The van der Waals surface area contributed by atoms with Gasteiger partial charge in [0.15, 0.2) is 0 Å². The van der Waals surface area contributed by atoms with Crippen molar-refractivity contribution in [1.29, 1.82) is 0 Å². The van der Waals surface area contributed by atoms with Gasteiger partial charge >= 0.3 is 0 Å². The van der Waals surface area contributed by atoms with Crippen molar-refractivity contribution in [2.75, 3.05) is 7.11 Å². The van der Waals surface area contributed by atoms with E-state index >= 15 is 0 Å². The molecular weight excluding hydrogens is 238 g/mol. The Hall–Kier alpha value is -1.22. The van der Waals surface area contributed by atoms with Crippen LogP contribution in [0.5, 0.6) is 5.75 Å². The number of amides is 1. The van der Waals surface area contributed by atoms with Crippen LogP contribution in [0.4, 0.5) is 0 Å². The topological polar surface area (TPSA) is 29.5 Å². The largest absolute Gasteiger partial charge is 0.497 e. The predicted octanol–water partition coefficient (Wildman–Crippen LogP) is 2.59. The lowest BCUT2D eigenvalue weighted by atomic mass is 9.91. The van der Waals surface area contributed by atoms with Gasteiger partial charge in [-0.05, 0) is 31.5 Å². The zero-order valence-corrected chi connectivity index (χ0v) is 10.9. The summed E-state index contributed by atoms with van der Waals surface area (Å²) < 4.78 is 5.11. The van der Waals surface area contributed by atoms with Gasteiger partial charge in [0.1, 0.15) is 11.1 Å². The molecule has 1 aliphatic heterocycles. The number of hydrogen-bond donors (Lipinski definition) is 0. The first-order chi connectivity index (χ1) is 8.06. The SMILES string of the molecule is COc1ccc([C@H]2[C@H](Cl)C(=O)N2C(C)C)cc1. The van der Waals surface area contributed by atoms with Gasteiger partial charge in [-0.2, -0.15) is 0 Å². The molecule has 0 N–H and O–H groups in total. The Balaban J connectivity index is 2.23. The molecule has 0 radical (unpaired) electrons. The highest BCUT2D eigenvalue weighted by atomic mass is 35.5. The summed E-state index contributed by atoms with van der Waals surface area (Å²) in [4.78, 5) is 13.5. The Morgan fingerprint density at radius 2 is 1.88 bits per heavy atom. The van der Waals surface area contributed by atoms with Gasteiger partial charge in [-0.3, -0.25) is 4.79 Å². The number of likely N-dealkylation sites (tertiary alicyclic amines) is 1. The number of hydrogen-bond acceptors (Lipinski definition) is 2. The third-order valence-electron chi connectivity index (χ3n) is 3.08. The lowest BCUT2D eigenvalue weighted by molar-refractivity contribution is -0.148. The number of carbonyl (C=O) groups excluding carboxylic acids is 1. The second kappa shape index (κ2) is 4.57. The Labute approximate surface area is 106 Å². The highest BCUT2D eigenvalue weighted by molar-refractivity contribution is 6.33. The zero-order valence-electron chi connectivity index (χ0n) is 10.2. The van der Waals surface area contributed by atoms with E-state index in [4.69, 9.17) is 16.3 Å². The lowest BCUT2D eigenvalue weighted by Gasteiger charge is -2.47. The number of carbonyl (C=O) groups is 1. The van der Waals surface area contributed by atoms with Crippen molar-refractivity contribution in [3.05, 3.63) is 29.8 Å². The van der Waals surface area contributed by atoms with Crippen LogP contribution in [0.25, 0.3) is 0 Å². The fourth-order valence-electron chi connectivity index (χ4n) is 2.18. The Bertz CT molecular complexity index is 416. The molecule has 1 heterocycles. The van der Waals surface area contributed by atoms with Gasteiger partial charge in [0.25, 0.3) is 0 Å². The summed E-state index contributed by atoms with van der Waals surface area (Å²) in [5.74, 6) is 0.823. The summed E-state index contributed by atoms with van der Waals surface area (Å²) in [5.41, 5.74) is 1.05. The van der Waals surface area contributed by atoms with E-state index in [2.05, 4.69) is 0 Å². The molecule has 0 aromatic heterocycles. The number of rotatable bonds is 3. The molecule has 1 amide bonds. The average Bonchev–Trinajstić information content (AvgIpc) is 2.34. The van der Waals surface area contributed by atoms with E-state index in [1.165, 1.54) is 0 Å². The molecule has 92 valence electrons. The summed E-state index contributed by atoms with van der Waals surface area (Å²) in [6.45, 7) is 3.99. The maximum atomic E-state index is 11.7. The van der Waals surface area contributed by atoms with Crippen LogP contribution >= 0.6 is 11.6 Å². The normalized spacial score (nSPS) is 23.8. The highest BCUT2D eigenvalue weighted by Crippen LogP contribution is 2.40. The monoisotopic (exact) mass is 253 g/mol. The number of halogens is 1. The fraction of sp³-hybridized carbons (Fsp3) is 0.462. The van der Waals surface area contributed by atoms with Crippen molar-refractivity contribution in [2.24, 2.45) is 0 Å². The average molecular weight is 254 g/mol. The molecule has 3 nitrogen and oxygen atoms in total. The minimum Gasteiger partial charge on any atom is -0.497 e. The number of methoxy groups -OCH3 is 1. The number of benzene rings is 1. The quantitative estimate of drug-likeness (QED) is 0.612. The molecule has 1 aromatic rings. The van der Waals surface area contributed by atoms with Crippen LogP contribution in [0.3, 0.4) is 0 Å². The summed E-state index contributed by atoms with van der Waals surface area (Å²) >= 11 is 6.09. The second-order valence-electron chi connectivity index (χ2n) is 4.46. The summed E-state index contributed by atoms with van der Waals surface area (Å²) in [6.07, 6.45) is 0. The molecular formula is C13H16ClNO2. The summed E-state index contributed by atoms with van der Waals surface area (Å²) in [5, 5.41) is -0.439. The second-order valence-corrected chi connectivity index (χ2v) is 4.93. The van der Waals surface area contributed by atoms with Crippen molar-refractivity contribution in [2.45, 2.75) is 31.3 Å². The minimum absolute atomic E-state index is 0.0162. The van der Waals surface area contributed by atoms with E-state index in [1.807, 2.05) is 43.0 Å². The molecule has 1 aliphatic rings. The molecule has 2 rings (SSSR count). The van der Waals surface area contributed by atoms with E-state index in [0.717, 1.165) is 11.3 Å². The number of ether oxygens (including phenoxy) is 1. The maximum Gasteiger partial charge on any atom is 0.243 e. The third kappa shape index (κ3) is 2.00. The molecule has 0 spiro atoms. The van der Waals surface area contributed by atoms with Crippen LogP contribution in [0.15, 0.2) is 24.3 Å². The Morgan fingerprint density at radius 1 is 1.29 bits per heavy atom. The van der Waals surface area contributed by atoms with Crippen molar-refractivity contribution >= 4 is 17.5 Å². The van der Waals surface area contributed by atoms with Crippen molar-refractivity contribution in [3.8, 4) is 5.75 Å². The molecule has 0 aliphatic carbocycles. The third-order valence-corrected chi connectivity index (χ3v) is 3.51. The van der Waals surface area contributed by atoms with Crippen molar-refractivity contribution in [1.82, 2.24) is 4.90 Å². The van der Waals surface area contributed by atoms with Crippen molar-refractivity contribution < 1.29 is 9.53 Å². The first-order valence-corrected chi connectivity index (χ1v) is 6.10. The van der Waals surface area contributed by atoms with Gasteiger partial charge < -0.3 is 9.64 Å². The maximum absolute atomic E-state index is 11.7. The Morgan fingerprint density at radius 3 is 2.35 bits per heavy atom. The standard InChI is InChI=1S/C13H16ClNO2/c1-8(2)15-12(11(14)13(15)16)9-4-6-10(17-3)7-5-9/h4-8,11-12H,1-3H3/t11-,12-/m0/s1. The van der Waals surface area contributed by atoms with Crippen LogP contribution in [0.1, 0.15) is 25.5 Å². The molecule has 1 saturated heterocycles. The van der Waals surface area contributed by atoms with Gasteiger partial charge in [0.05, 0.1) is 13.2 Å². The van der Waals surface area contributed by atoms with Crippen LogP contribution in [-0.2, 0) is 4.79 Å². The smallest absolute Gasteiger partial charge is 0.243 e. The van der Waals surface area contributed by atoms with E-state index in [1.54, 1.807) is 7.11 Å². The van der Waals surface area contributed by atoms with E-state index in [-0.39, 0.29) is 18.0 Å². The first kappa shape index (κ1) is 12.2. The highest BCUT2D eigenvalue weighted by Gasteiger charge is 2.47. The number of β-lactam (4-membered cyclic amide) rings is 1. The Kier molecular flexibility index (Phi) is 3.29. The van der Waals surface area contributed by atoms with Crippen LogP contribution in [-0.4, -0.2) is 29.3 Å². The number of nitrogens with zero attached hydrogens (tertiary/aromatic N) is 1. The molecule has 0 unspecified atom stereocenters. The molecule has 4 heteroatoms. The van der Waals surface area contributed by atoms with Crippen molar-refractivity contribution in [3.63, 3.8) is 0 Å². The van der Waals surface area contributed by atoms with Crippen LogP contribution < -0.4 is 4.74 Å². The van der Waals surface area contributed by atoms with Gasteiger partial charge in [0.2, 0.25) is 5.91 Å². The molecule has 0 saturated carbocycles. The van der Waals surface area contributed by atoms with Gasteiger partial charge in [-0.1, -0.05) is 12.1 Å². The zero-order chi connectivity index (χ0) is 12.6.